The Morgan fingerprint density at radius 1 is 1.41 bits per heavy atom. The van der Waals surface area contributed by atoms with Crippen molar-refractivity contribution in [1.29, 1.82) is 0 Å². The van der Waals surface area contributed by atoms with Crippen LogP contribution in [0.25, 0.3) is 0 Å². The van der Waals surface area contributed by atoms with E-state index in [0.29, 0.717) is 32.7 Å². The summed E-state index contributed by atoms with van der Waals surface area (Å²) in [6.45, 7) is 4.19. The second-order valence-electron chi connectivity index (χ2n) is 4.08. The first-order valence-electron chi connectivity index (χ1n) is 6.01. The number of rotatable bonds is 4. The number of carboxylic acids is 1. The fraction of sp³-hybridized carbons (Fsp3) is 0.818. The molecule has 0 spiro atoms. The van der Waals surface area contributed by atoms with E-state index in [4.69, 9.17) is 9.84 Å². The van der Waals surface area contributed by atoms with E-state index in [1.54, 1.807) is 4.90 Å². The van der Waals surface area contributed by atoms with Crippen molar-refractivity contribution in [3.05, 3.63) is 0 Å². The fourth-order valence-electron chi connectivity index (χ4n) is 1.74. The molecule has 6 heteroatoms. The number of ether oxygens (including phenoxy) is 1. The highest BCUT2D eigenvalue weighted by Crippen LogP contribution is 2.02. The molecule has 98 valence electrons. The molecule has 0 bridgehead atoms. The lowest BCUT2D eigenvalue weighted by Gasteiger charge is -2.22. The molecule has 2 N–H and O–H groups in total. The lowest BCUT2D eigenvalue weighted by molar-refractivity contribution is -0.139. The maximum Gasteiger partial charge on any atom is 0.326 e. The SMILES string of the molecule is CCC[C@H](NC(=O)N1CCCOCC1)C(=O)O. The summed E-state index contributed by atoms with van der Waals surface area (Å²) in [5, 5.41) is 11.5. The van der Waals surface area contributed by atoms with Crippen molar-refractivity contribution >= 4 is 12.0 Å². The number of carbonyl (C=O) groups excluding carboxylic acids is 1. The molecule has 1 saturated heterocycles. The normalized spacial score (nSPS) is 18.3. The van der Waals surface area contributed by atoms with Gasteiger partial charge in [-0.25, -0.2) is 9.59 Å². The van der Waals surface area contributed by atoms with E-state index in [9.17, 15) is 9.59 Å². The van der Waals surface area contributed by atoms with E-state index < -0.39 is 12.0 Å². The highest BCUT2D eigenvalue weighted by molar-refractivity contribution is 5.82. The summed E-state index contributed by atoms with van der Waals surface area (Å²) in [5.74, 6) is -0.980. The van der Waals surface area contributed by atoms with Gasteiger partial charge in [0.25, 0.3) is 0 Å². The van der Waals surface area contributed by atoms with E-state index in [1.807, 2.05) is 6.92 Å². The molecule has 0 saturated carbocycles. The Bertz CT molecular complexity index is 262. The summed E-state index contributed by atoms with van der Waals surface area (Å²) in [6, 6.07) is -1.10. The topological polar surface area (TPSA) is 78.9 Å². The summed E-state index contributed by atoms with van der Waals surface area (Å²) in [5.41, 5.74) is 0. The molecule has 1 fully saturated rings. The quantitative estimate of drug-likeness (QED) is 0.762. The number of hydrogen-bond donors (Lipinski definition) is 2. The van der Waals surface area contributed by atoms with E-state index in [1.165, 1.54) is 0 Å². The smallest absolute Gasteiger partial charge is 0.326 e. The maximum atomic E-state index is 11.8. The summed E-state index contributed by atoms with van der Waals surface area (Å²) in [4.78, 5) is 24.4. The molecule has 6 nitrogen and oxygen atoms in total. The van der Waals surface area contributed by atoms with Gasteiger partial charge in [0.05, 0.1) is 6.61 Å². The van der Waals surface area contributed by atoms with Crippen LogP contribution < -0.4 is 5.32 Å². The van der Waals surface area contributed by atoms with Gasteiger partial charge in [0.15, 0.2) is 0 Å². The monoisotopic (exact) mass is 244 g/mol. The van der Waals surface area contributed by atoms with Gasteiger partial charge in [0.1, 0.15) is 6.04 Å². The molecule has 1 heterocycles. The molecular weight excluding hydrogens is 224 g/mol. The summed E-state index contributed by atoms with van der Waals surface area (Å²) in [6.07, 6.45) is 1.96. The second kappa shape index (κ2) is 7.11. The number of aliphatic carboxylic acids is 1. The van der Waals surface area contributed by atoms with Crippen LogP contribution in [0.3, 0.4) is 0 Å². The highest BCUT2D eigenvalue weighted by atomic mass is 16.5. The average molecular weight is 244 g/mol. The zero-order chi connectivity index (χ0) is 12.7. The van der Waals surface area contributed by atoms with Crippen molar-refractivity contribution in [2.75, 3.05) is 26.3 Å². The minimum Gasteiger partial charge on any atom is -0.480 e. The molecule has 0 aromatic heterocycles. The van der Waals surface area contributed by atoms with Gasteiger partial charge in [0, 0.05) is 19.7 Å². The minimum atomic E-state index is -0.980. The Morgan fingerprint density at radius 3 is 2.82 bits per heavy atom. The Labute approximate surface area is 101 Å². The van der Waals surface area contributed by atoms with Crippen molar-refractivity contribution in [3.63, 3.8) is 0 Å². The van der Waals surface area contributed by atoms with Crippen LogP contribution >= 0.6 is 0 Å². The predicted molar refractivity (Wildman–Crippen MR) is 61.9 cm³/mol. The molecule has 0 radical (unpaired) electrons. The number of amides is 2. The van der Waals surface area contributed by atoms with Gasteiger partial charge in [0.2, 0.25) is 0 Å². The largest absolute Gasteiger partial charge is 0.480 e. The van der Waals surface area contributed by atoms with Crippen LogP contribution in [0.4, 0.5) is 4.79 Å². The third-order valence-electron chi connectivity index (χ3n) is 2.68. The number of nitrogens with zero attached hydrogens (tertiary/aromatic N) is 1. The second-order valence-corrected chi connectivity index (χ2v) is 4.08. The van der Waals surface area contributed by atoms with Gasteiger partial charge in [-0.15, -0.1) is 0 Å². The lowest BCUT2D eigenvalue weighted by atomic mass is 10.2. The van der Waals surface area contributed by atoms with Gasteiger partial charge in [-0.05, 0) is 12.8 Å². The van der Waals surface area contributed by atoms with E-state index in [0.717, 1.165) is 12.8 Å². The Morgan fingerprint density at radius 2 is 2.18 bits per heavy atom. The fourth-order valence-corrected chi connectivity index (χ4v) is 1.74. The zero-order valence-corrected chi connectivity index (χ0v) is 10.1. The van der Waals surface area contributed by atoms with Gasteiger partial charge in [-0.2, -0.15) is 0 Å². The van der Waals surface area contributed by atoms with Crippen LogP contribution in [0.5, 0.6) is 0 Å². The van der Waals surface area contributed by atoms with E-state index >= 15 is 0 Å². The number of hydrogen-bond acceptors (Lipinski definition) is 3. The average Bonchev–Trinajstić information content (AvgIpc) is 2.56. The van der Waals surface area contributed by atoms with Crippen LogP contribution in [-0.2, 0) is 9.53 Å². The van der Waals surface area contributed by atoms with E-state index in [-0.39, 0.29) is 6.03 Å². The lowest BCUT2D eigenvalue weighted by Crippen LogP contribution is -2.48. The van der Waals surface area contributed by atoms with Crippen LogP contribution in [0.2, 0.25) is 0 Å². The molecule has 2 amide bonds. The molecule has 0 unspecified atom stereocenters. The van der Waals surface area contributed by atoms with Crippen molar-refractivity contribution in [2.24, 2.45) is 0 Å². The van der Waals surface area contributed by atoms with Gasteiger partial charge < -0.3 is 20.1 Å². The van der Waals surface area contributed by atoms with Gasteiger partial charge in [-0.3, -0.25) is 0 Å². The molecule has 1 rings (SSSR count). The van der Waals surface area contributed by atoms with Crippen LogP contribution in [0, 0.1) is 0 Å². The summed E-state index contributed by atoms with van der Waals surface area (Å²) >= 11 is 0. The Balaban J connectivity index is 2.47. The Hall–Kier alpha value is -1.30. The third-order valence-corrected chi connectivity index (χ3v) is 2.68. The van der Waals surface area contributed by atoms with E-state index in [2.05, 4.69) is 5.32 Å². The number of urea groups is 1. The number of carboxylic acid groups (broad SMARTS) is 1. The molecular formula is C11H20N2O4. The van der Waals surface area contributed by atoms with Gasteiger partial charge in [-0.1, -0.05) is 13.3 Å². The first-order valence-corrected chi connectivity index (χ1v) is 6.01. The molecule has 1 aliphatic rings. The first kappa shape index (κ1) is 13.8. The Kier molecular flexibility index (Phi) is 5.76. The molecule has 0 aromatic carbocycles. The maximum absolute atomic E-state index is 11.8. The molecule has 17 heavy (non-hydrogen) atoms. The molecule has 0 aromatic rings. The molecule has 0 aliphatic carbocycles. The summed E-state index contributed by atoms with van der Waals surface area (Å²) in [7, 11) is 0. The zero-order valence-electron chi connectivity index (χ0n) is 10.1. The third kappa shape index (κ3) is 4.60. The first-order chi connectivity index (χ1) is 8.15. The van der Waals surface area contributed by atoms with Gasteiger partial charge >= 0.3 is 12.0 Å². The van der Waals surface area contributed by atoms with Crippen LogP contribution in [-0.4, -0.2) is 54.4 Å². The van der Waals surface area contributed by atoms with Crippen molar-refractivity contribution in [3.8, 4) is 0 Å². The van der Waals surface area contributed by atoms with Crippen molar-refractivity contribution < 1.29 is 19.4 Å². The van der Waals surface area contributed by atoms with Crippen molar-refractivity contribution in [1.82, 2.24) is 10.2 Å². The number of carbonyl (C=O) groups is 2. The number of nitrogens with one attached hydrogen (secondary N) is 1. The van der Waals surface area contributed by atoms with Crippen molar-refractivity contribution in [2.45, 2.75) is 32.2 Å². The predicted octanol–water partition coefficient (Wildman–Crippen LogP) is 0.672. The summed E-state index contributed by atoms with van der Waals surface area (Å²) < 4.78 is 5.24. The molecule has 1 atom stereocenters. The minimum absolute atomic E-state index is 0.309. The highest BCUT2D eigenvalue weighted by Gasteiger charge is 2.22. The molecule has 1 aliphatic heterocycles. The van der Waals surface area contributed by atoms with Crippen LogP contribution in [0.1, 0.15) is 26.2 Å². The standard InChI is InChI=1S/C11H20N2O4/c1-2-4-9(10(14)15)12-11(16)13-5-3-7-17-8-6-13/h9H,2-8H2,1H3,(H,12,16)(H,14,15)/t9-/m0/s1. The van der Waals surface area contributed by atoms with Crippen LogP contribution in [0.15, 0.2) is 0 Å².